The van der Waals surface area contributed by atoms with Crippen LogP contribution in [0.4, 0.5) is 5.82 Å². The predicted octanol–water partition coefficient (Wildman–Crippen LogP) is 1.11. The van der Waals surface area contributed by atoms with E-state index < -0.39 is 5.97 Å². The summed E-state index contributed by atoms with van der Waals surface area (Å²) in [5.41, 5.74) is 0.167. The number of carbonyl (C=O) groups is 1. The van der Waals surface area contributed by atoms with Crippen LogP contribution in [0, 0.1) is 6.92 Å². The number of hydrogen-bond acceptors (Lipinski definition) is 6. The van der Waals surface area contributed by atoms with Crippen LogP contribution in [-0.4, -0.2) is 63.9 Å². The van der Waals surface area contributed by atoms with E-state index in [1.165, 1.54) is 10.8 Å². The molecule has 0 aliphatic carbocycles. The van der Waals surface area contributed by atoms with Gasteiger partial charge in [-0.25, -0.2) is 4.98 Å². The molecule has 2 aliphatic heterocycles. The summed E-state index contributed by atoms with van der Waals surface area (Å²) in [5, 5.41) is 12.1. The zero-order valence-electron chi connectivity index (χ0n) is 15.0. The number of hydrogen-bond donors (Lipinski definition) is 2. The van der Waals surface area contributed by atoms with Crippen molar-refractivity contribution in [3.05, 3.63) is 22.2 Å². The van der Waals surface area contributed by atoms with Crippen LogP contribution in [0.2, 0.25) is 0 Å². The van der Waals surface area contributed by atoms with Crippen molar-refractivity contribution in [1.82, 2.24) is 14.5 Å². The third-order valence-electron chi connectivity index (χ3n) is 5.13. The molecule has 8 nitrogen and oxygen atoms in total. The first-order valence-electron chi connectivity index (χ1n) is 8.92. The van der Waals surface area contributed by atoms with Gasteiger partial charge in [-0.2, -0.15) is 0 Å². The van der Waals surface area contributed by atoms with E-state index in [0.29, 0.717) is 24.3 Å². The van der Waals surface area contributed by atoms with Gasteiger partial charge in [-0.1, -0.05) is 0 Å². The molecule has 3 heterocycles. The molecule has 2 saturated heterocycles. The van der Waals surface area contributed by atoms with Gasteiger partial charge in [0.05, 0.1) is 0 Å². The highest BCUT2D eigenvalue weighted by atomic mass is 35.5. The summed E-state index contributed by atoms with van der Waals surface area (Å²) < 4.78 is 6.69. The molecule has 1 aromatic heterocycles. The predicted molar refractivity (Wildman–Crippen MR) is 100 cm³/mol. The number of nitrogens with one attached hydrogen (secondary N) is 1. The Morgan fingerprint density at radius 2 is 2.12 bits per heavy atom. The third kappa shape index (κ3) is 4.75. The van der Waals surface area contributed by atoms with Crippen LogP contribution in [0.5, 0.6) is 0 Å². The number of aromatic nitrogens is 2. The lowest BCUT2D eigenvalue weighted by molar-refractivity contribution is -0.137. The van der Waals surface area contributed by atoms with E-state index in [1.807, 2.05) is 0 Å². The number of carboxylic acids is 1. The van der Waals surface area contributed by atoms with Crippen LogP contribution >= 0.6 is 12.4 Å². The Morgan fingerprint density at radius 3 is 2.81 bits per heavy atom. The average molecular weight is 387 g/mol. The van der Waals surface area contributed by atoms with E-state index in [-0.39, 0.29) is 30.3 Å². The van der Waals surface area contributed by atoms with Crippen LogP contribution in [0.25, 0.3) is 0 Å². The highest BCUT2D eigenvalue weighted by Gasteiger charge is 2.31. The van der Waals surface area contributed by atoms with E-state index in [1.54, 1.807) is 6.92 Å². The fourth-order valence-corrected chi connectivity index (χ4v) is 3.81. The second-order valence-corrected chi connectivity index (χ2v) is 6.79. The van der Waals surface area contributed by atoms with Crippen molar-refractivity contribution in [3.8, 4) is 0 Å². The molecule has 0 spiro atoms. The first-order valence-corrected chi connectivity index (χ1v) is 8.92. The largest absolute Gasteiger partial charge is 0.480 e. The molecule has 1 aromatic rings. The van der Waals surface area contributed by atoms with Gasteiger partial charge in [-0.05, 0) is 39.2 Å². The van der Waals surface area contributed by atoms with Crippen molar-refractivity contribution in [3.63, 3.8) is 0 Å². The summed E-state index contributed by atoms with van der Waals surface area (Å²) >= 11 is 0. The lowest BCUT2D eigenvalue weighted by atomic mass is 10.1. The zero-order valence-corrected chi connectivity index (χ0v) is 15.8. The lowest BCUT2D eigenvalue weighted by Crippen LogP contribution is -2.45. The van der Waals surface area contributed by atoms with Crippen LogP contribution in [0.3, 0.4) is 0 Å². The molecule has 146 valence electrons. The van der Waals surface area contributed by atoms with Gasteiger partial charge in [0.25, 0.3) is 5.56 Å². The molecule has 0 amide bonds. The standard InChI is InChI=1S/C17H26N4O4.ClH/c1-12-9-18-16(17(24)21(12)11-15(22)23)19-10-14-3-2-6-20(14)13-4-7-25-8-5-13;/h9,13-14H,2-8,10-11H2,1H3,(H,18,19)(H,22,23);1H/t14-;/m1./s1. The van der Waals surface area contributed by atoms with Crippen molar-refractivity contribution in [2.45, 2.75) is 51.2 Å². The molecule has 2 fully saturated rings. The van der Waals surface area contributed by atoms with E-state index in [0.717, 1.165) is 45.4 Å². The summed E-state index contributed by atoms with van der Waals surface area (Å²) in [6.45, 7) is 4.71. The third-order valence-corrected chi connectivity index (χ3v) is 5.13. The number of aliphatic carboxylic acids is 1. The number of ether oxygens (including phenoxy) is 1. The van der Waals surface area contributed by atoms with E-state index >= 15 is 0 Å². The van der Waals surface area contributed by atoms with E-state index in [2.05, 4.69) is 15.2 Å². The monoisotopic (exact) mass is 386 g/mol. The molecule has 26 heavy (non-hydrogen) atoms. The Bertz CT molecular complexity index is 675. The quantitative estimate of drug-likeness (QED) is 0.755. The van der Waals surface area contributed by atoms with Crippen molar-refractivity contribution in [2.75, 3.05) is 31.6 Å². The highest BCUT2D eigenvalue weighted by molar-refractivity contribution is 5.85. The molecule has 2 N–H and O–H groups in total. The van der Waals surface area contributed by atoms with Crippen LogP contribution in [0.15, 0.2) is 11.0 Å². The summed E-state index contributed by atoms with van der Waals surface area (Å²) in [6.07, 6.45) is 5.92. The van der Waals surface area contributed by atoms with Gasteiger partial charge < -0.3 is 15.2 Å². The minimum atomic E-state index is -1.04. The number of nitrogens with zero attached hydrogens (tertiary/aromatic N) is 3. The molecule has 9 heteroatoms. The molecule has 0 bridgehead atoms. The maximum absolute atomic E-state index is 12.5. The summed E-state index contributed by atoms with van der Waals surface area (Å²) in [5.74, 6) is -0.811. The van der Waals surface area contributed by atoms with E-state index in [9.17, 15) is 9.59 Å². The van der Waals surface area contributed by atoms with Crippen molar-refractivity contribution in [1.29, 1.82) is 0 Å². The Hall–Kier alpha value is -1.64. The Morgan fingerprint density at radius 1 is 1.38 bits per heavy atom. The van der Waals surface area contributed by atoms with Crippen LogP contribution in [-0.2, 0) is 16.1 Å². The molecule has 0 unspecified atom stereocenters. The summed E-state index contributed by atoms with van der Waals surface area (Å²) in [6, 6.07) is 0.927. The maximum Gasteiger partial charge on any atom is 0.323 e. The van der Waals surface area contributed by atoms with Gasteiger partial charge >= 0.3 is 5.97 Å². The zero-order chi connectivity index (χ0) is 17.8. The Kier molecular flexibility index (Phi) is 7.43. The molecular formula is C17H27ClN4O4. The SMILES string of the molecule is Cc1cnc(NC[C@H]2CCCN2C2CCOCC2)c(=O)n1CC(=O)O.Cl. The average Bonchev–Trinajstić information content (AvgIpc) is 3.07. The smallest absolute Gasteiger partial charge is 0.323 e. The van der Waals surface area contributed by atoms with Gasteiger partial charge in [-0.3, -0.25) is 19.1 Å². The first kappa shape index (κ1) is 20.7. The second-order valence-electron chi connectivity index (χ2n) is 6.79. The van der Waals surface area contributed by atoms with Crippen molar-refractivity contribution in [2.24, 2.45) is 0 Å². The maximum atomic E-state index is 12.5. The van der Waals surface area contributed by atoms with Gasteiger partial charge in [-0.15, -0.1) is 12.4 Å². The normalized spacial score (nSPS) is 21.3. The Labute approximate surface area is 159 Å². The van der Waals surface area contributed by atoms with Gasteiger partial charge in [0, 0.05) is 43.7 Å². The fraction of sp³-hybridized carbons (Fsp3) is 0.706. The number of aryl methyl sites for hydroxylation is 1. The number of rotatable bonds is 6. The molecular weight excluding hydrogens is 360 g/mol. The van der Waals surface area contributed by atoms with Gasteiger partial charge in [0.1, 0.15) is 6.54 Å². The first-order chi connectivity index (χ1) is 12.1. The Balaban J connectivity index is 0.00000243. The molecule has 0 aromatic carbocycles. The lowest BCUT2D eigenvalue weighted by Gasteiger charge is -2.35. The summed E-state index contributed by atoms with van der Waals surface area (Å²) in [4.78, 5) is 30.1. The van der Waals surface area contributed by atoms with Crippen LogP contribution < -0.4 is 10.9 Å². The van der Waals surface area contributed by atoms with Gasteiger partial charge in [0.2, 0.25) is 0 Å². The van der Waals surface area contributed by atoms with Gasteiger partial charge in [0.15, 0.2) is 5.82 Å². The minimum Gasteiger partial charge on any atom is -0.480 e. The number of anilines is 1. The minimum absolute atomic E-state index is 0. The second kappa shape index (κ2) is 9.34. The molecule has 0 radical (unpaired) electrons. The molecule has 0 saturated carbocycles. The molecule has 1 atom stereocenters. The highest BCUT2D eigenvalue weighted by Crippen LogP contribution is 2.25. The fourth-order valence-electron chi connectivity index (χ4n) is 3.81. The molecule has 3 rings (SSSR count). The molecule has 2 aliphatic rings. The topological polar surface area (TPSA) is 96.7 Å². The number of carboxylic acid groups (broad SMARTS) is 1. The number of likely N-dealkylation sites (tertiary alicyclic amines) is 1. The van der Waals surface area contributed by atoms with Crippen LogP contribution in [0.1, 0.15) is 31.4 Å². The van der Waals surface area contributed by atoms with Crippen molar-refractivity contribution >= 4 is 24.2 Å². The summed E-state index contributed by atoms with van der Waals surface area (Å²) in [7, 11) is 0. The number of halogens is 1. The van der Waals surface area contributed by atoms with E-state index in [4.69, 9.17) is 9.84 Å². The van der Waals surface area contributed by atoms with Crippen molar-refractivity contribution < 1.29 is 14.6 Å².